The van der Waals surface area contributed by atoms with Crippen molar-refractivity contribution in [3.05, 3.63) is 12.7 Å². The summed E-state index contributed by atoms with van der Waals surface area (Å²) in [6, 6.07) is 0. The Kier molecular flexibility index (Phi) is 15.9. The smallest absolute Gasteiger partial charge is 0.174 e. The third-order valence-electron chi connectivity index (χ3n) is 4.54. The molecule has 0 amide bonds. The number of aliphatic hydroxyl groups excluding tert-OH is 4. The van der Waals surface area contributed by atoms with Crippen LogP contribution in [0.2, 0.25) is 0 Å². The predicted octanol–water partition coefficient (Wildman–Crippen LogP) is 2.47. The highest BCUT2D eigenvalue weighted by Gasteiger charge is 2.27. The summed E-state index contributed by atoms with van der Waals surface area (Å²) in [6.07, 6.45) is 5.53. The number of aldehydes is 1. The molecule has 0 aromatic rings. The van der Waals surface area contributed by atoms with Crippen LogP contribution in [0.4, 0.5) is 0 Å². The second kappa shape index (κ2) is 16.4. The van der Waals surface area contributed by atoms with E-state index in [1.54, 1.807) is 0 Å². The summed E-state index contributed by atoms with van der Waals surface area (Å²) < 4.78 is 5.36. The number of unbranched alkanes of at least 4 members (excludes halogenated alkanes) is 6. The first-order valence-electron chi connectivity index (χ1n) is 9.90. The average Bonchev–Trinajstić information content (AvgIpc) is 2.63. The number of aliphatic hydroxyl groups is 4. The SMILES string of the molecule is C=CC(O)OC(CCCC)C(O)CC(O)C(O)CCCCCCCC=O. The van der Waals surface area contributed by atoms with Crippen molar-refractivity contribution < 1.29 is 30.0 Å². The van der Waals surface area contributed by atoms with E-state index in [0.717, 1.165) is 51.2 Å². The van der Waals surface area contributed by atoms with Gasteiger partial charge in [-0.15, -0.1) is 0 Å². The van der Waals surface area contributed by atoms with Crippen molar-refractivity contribution in [2.45, 2.75) is 108 Å². The molecular weight excluding hydrogens is 336 g/mol. The first kappa shape index (κ1) is 25.2. The van der Waals surface area contributed by atoms with E-state index in [2.05, 4.69) is 6.58 Å². The molecule has 154 valence electrons. The lowest BCUT2D eigenvalue weighted by molar-refractivity contribution is -0.151. The predicted molar refractivity (Wildman–Crippen MR) is 102 cm³/mol. The molecule has 5 unspecified atom stereocenters. The lowest BCUT2D eigenvalue weighted by Crippen LogP contribution is -2.38. The highest BCUT2D eigenvalue weighted by atomic mass is 16.6. The van der Waals surface area contributed by atoms with Crippen LogP contribution in [0, 0.1) is 0 Å². The molecule has 0 aliphatic rings. The summed E-state index contributed by atoms with van der Waals surface area (Å²) in [5.74, 6) is 0. The second-order valence-corrected chi connectivity index (χ2v) is 6.89. The minimum atomic E-state index is -1.16. The zero-order chi connectivity index (χ0) is 19.8. The Labute approximate surface area is 157 Å². The quantitative estimate of drug-likeness (QED) is 0.127. The molecule has 0 aliphatic carbocycles. The highest BCUT2D eigenvalue weighted by Crippen LogP contribution is 2.18. The van der Waals surface area contributed by atoms with Crippen LogP contribution in [-0.2, 0) is 9.53 Å². The first-order valence-corrected chi connectivity index (χ1v) is 9.90. The monoisotopic (exact) mass is 374 g/mol. The van der Waals surface area contributed by atoms with E-state index in [1.807, 2.05) is 6.92 Å². The van der Waals surface area contributed by atoms with Crippen LogP contribution in [0.3, 0.4) is 0 Å². The van der Waals surface area contributed by atoms with Gasteiger partial charge in [-0.05, 0) is 25.3 Å². The van der Waals surface area contributed by atoms with Gasteiger partial charge in [0.1, 0.15) is 6.29 Å². The van der Waals surface area contributed by atoms with E-state index >= 15 is 0 Å². The van der Waals surface area contributed by atoms with Gasteiger partial charge in [-0.2, -0.15) is 0 Å². The fourth-order valence-corrected chi connectivity index (χ4v) is 2.85. The van der Waals surface area contributed by atoms with Gasteiger partial charge in [0.05, 0.1) is 24.4 Å². The molecule has 0 aromatic carbocycles. The van der Waals surface area contributed by atoms with Gasteiger partial charge in [0, 0.05) is 12.8 Å². The number of hydrogen-bond acceptors (Lipinski definition) is 6. The Balaban J connectivity index is 4.17. The Hall–Kier alpha value is -0.790. The van der Waals surface area contributed by atoms with Crippen LogP contribution in [-0.4, -0.2) is 57.4 Å². The normalized spacial score (nSPS) is 17.3. The van der Waals surface area contributed by atoms with E-state index in [9.17, 15) is 25.2 Å². The highest BCUT2D eigenvalue weighted by molar-refractivity contribution is 5.48. The molecule has 0 radical (unpaired) electrons. The van der Waals surface area contributed by atoms with E-state index in [0.29, 0.717) is 19.3 Å². The Morgan fingerprint density at radius 2 is 1.54 bits per heavy atom. The molecule has 4 N–H and O–H groups in total. The lowest BCUT2D eigenvalue weighted by Gasteiger charge is -2.28. The molecule has 0 fully saturated rings. The number of carbonyl (C=O) groups excluding carboxylic acids is 1. The van der Waals surface area contributed by atoms with Crippen molar-refractivity contribution >= 4 is 6.29 Å². The summed E-state index contributed by atoms with van der Waals surface area (Å²) >= 11 is 0. The van der Waals surface area contributed by atoms with Crippen molar-refractivity contribution in [1.29, 1.82) is 0 Å². The number of ether oxygens (including phenoxy) is 1. The second-order valence-electron chi connectivity index (χ2n) is 6.89. The topological polar surface area (TPSA) is 107 Å². The fourth-order valence-electron chi connectivity index (χ4n) is 2.85. The Morgan fingerprint density at radius 3 is 2.15 bits per heavy atom. The molecule has 26 heavy (non-hydrogen) atoms. The van der Waals surface area contributed by atoms with Gasteiger partial charge in [0.2, 0.25) is 0 Å². The van der Waals surface area contributed by atoms with Crippen LogP contribution in [0.1, 0.15) is 77.6 Å². The Bertz CT molecular complexity index is 349. The number of carbonyl (C=O) groups is 1. The van der Waals surface area contributed by atoms with Gasteiger partial charge >= 0.3 is 0 Å². The van der Waals surface area contributed by atoms with Crippen molar-refractivity contribution in [2.24, 2.45) is 0 Å². The van der Waals surface area contributed by atoms with Crippen LogP contribution in [0.15, 0.2) is 12.7 Å². The molecule has 0 saturated carbocycles. The Morgan fingerprint density at radius 1 is 0.885 bits per heavy atom. The molecule has 0 saturated heterocycles. The molecule has 0 rings (SSSR count). The zero-order valence-electron chi connectivity index (χ0n) is 16.1. The van der Waals surface area contributed by atoms with Gasteiger partial charge in [-0.25, -0.2) is 0 Å². The molecule has 0 aliphatic heterocycles. The zero-order valence-corrected chi connectivity index (χ0v) is 16.1. The molecule has 0 aromatic heterocycles. The molecule has 6 nitrogen and oxygen atoms in total. The third-order valence-corrected chi connectivity index (χ3v) is 4.54. The van der Waals surface area contributed by atoms with Crippen molar-refractivity contribution in [2.75, 3.05) is 0 Å². The van der Waals surface area contributed by atoms with Gasteiger partial charge in [0.15, 0.2) is 6.29 Å². The standard InChI is InChI=1S/C20H38O6/c1-3-5-13-19(26-20(25)4-2)18(24)15-17(23)16(22)12-10-8-6-7-9-11-14-21/h4,14,16-20,22-25H,2-3,5-13,15H2,1H3. The van der Waals surface area contributed by atoms with E-state index in [-0.39, 0.29) is 6.42 Å². The van der Waals surface area contributed by atoms with Gasteiger partial charge in [0.25, 0.3) is 0 Å². The molecule has 5 atom stereocenters. The minimum Gasteiger partial charge on any atom is -0.390 e. The van der Waals surface area contributed by atoms with Crippen molar-refractivity contribution in [1.82, 2.24) is 0 Å². The van der Waals surface area contributed by atoms with Crippen LogP contribution in [0.25, 0.3) is 0 Å². The summed E-state index contributed by atoms with van der Waals surface area (Å²) in [6.45, 7) is 5.46. The number of rotatable bonds is 18. The average molecular weight is 375 g/mol. The molecule has 0 bridgehead atoms. The summed E-state index contributed by atoms with van der Waals surface area (Å²) in [4.78, 5) is 10.2. The molecule has 0 heterocycles. The van der Waals surface area contributed by atoms with E-state index < -0.39 is 30.7 Å². The van der Waals surface area contributed by atoms with Gasteiger partial charge in [-0.1, -0.05) is 52.0 Å². The summed E-state index contributed by atoms with van der Waals surface area (Å²) in [5, 5.41) is 40.1. The van der Waals surface area contributed by atoms with E-state index in [1.165, 1.54) is 6.08 Å². The van der Waals surface area contributed by atoms with Crippen molar-refractivity contribution in [3.63, 3.8) is 0 Å². The molecule has 0 spiro atoms. The third kappa shape index (κ3) is 12.5. The largest absolute Gasteiger partial charge is 0.390 e. The number of hydrogen-bond donors (Lipinski definition) is 4. The maximum atomic E-state index is 10.3. The maximum absolute atomic E-state index is 10.3. The minimum absolute atomic E-state index is 0.00124. The van der Waals surface area contributed by atoms with Crippen LogP contribution < -0.4 is 0 Å². The molecule has 6 heteroatoms. The maximum Gasteiger partial charge on any atom is 0.174 e. The van der Waals surface area contributed by atoms with E-state index in [4.69, 9.17) is 4.74 Å². The van der Waals surface area contributed by atoms with Gasteiger partial charge in [-0.3, -0.25) is 0 Å². The van der Waals surface area contributed by atoms with Gasteiger partial charge < -0.3 is 30.0 Å². The first-order chi connectivity index (χ1) is 12.5. The lowest BCUT2D eigenvalue weighted by atomic mass is 9.96. The molecular formula is C20H38O6. The van der Waals surface area contributed by atoms with Crippen molar-refractivity contribution in [3.8, 4) is 0 Å². The summed E-state index contributed by atoms with van der Waals surface area (Å²) in [7, 11) is 0. The summed E-state index contributed by atoms with van der Waals surface area (Å²) in [5.41, 5.74) is 0. The van der Waals surface area contributed by atoms with Crippen LogP contribution >= 0.6 is 0 Å². The fraction of sp³-hybridized carbons (Fsp3) is 0.850. The van der Waals surface area contributed by atoms with Crippen LogP contribution in [0.5, 0.6) is 0 Å².